The Kier molecular flexibility index (Phi) is 5.78. The van der Waals surface area contributed by atoms with Crippen molar-refractivity contribution in [3.05, 3.63) is 53.3 Å². The van der Waals surface area contributed by atoms with Gasteiger partial charge in [-0.05, 0) is 37.7 Å². The maximum Gasteiger partial charge on any atom is 0.257 e. The highest BCUT2D eigenvalue weighted by Crippen LogP contribution is 2.32. The van der Waals surface area contributed by atoms with Gasteiger partial charge in [-0.1, -0.05) is 37.3 Å². The maximum absolute atomic E-state index is 13.2. The van der Waals surface area contributed by atoms with E-state index in [1.165, 1.54) is 5.56 Å². The summed E-state index contributed by atoms with van der Waals surface area (Å²) in [6.07, 6.45) is 4.97. The van der Waals surface area contributed by atoms with Gasteiger partial charge in [0.25, 0.3) is 5.91 Å². The van der Waals surface area contributed by atoms with E-state index in [0.29, 0.717) is 17.9 Å². The van der Waals surface area contributed by atoms with Gasteiger partial charge in [-0.2, -0.15) is 5.10 Å². The van der Waals surface area contributed by atoms with Crippen molar-refractivity contribution in [2.24, 2.45) is 5.92 Å². The minimum absolute atomic E-state index is 0.131. The summed E-state index contributed by atoms with van der Waals surface area (Å²) in [5, 5.41) is 4.42. The third-order valence-electron chi connectivity index (χ3n) is 6.27. The predicted molar refractivity (Wildman–Crippen MR) is 110 cm³/mol. The first-order valence-electron chi connectivity index (χ1n) is 10.5. The first-order chi connectivity index (χ1) is 13.7. The lowest BCUT2D eigenvalue weighted by molar-refractivity contribution is 0.0643. The molecule has 2 saturated heterocycles. The Morgan fingerprint density at radius 2 is 2.11 bits per heavy atom. The van der Waals surface area contributed by atoms with Crippen LogP contribution in [0, 0.1) is 12.8 Å². The molecule has 3 heterocycles. The van der Waals surface area contributed by atoms with Gasteiger partial charge in [-0.15, -0.1) is 0 Å². The van der Waals surface area contributed by atoms with Crippen molar-refractivity contribution in [1.29, 1.82) is 0 Å². The fourth-order valence-corrected chi connectivity index (χ4v) is 4.74. The lowest BCUT2D eigenvalue weighted by atomic mass is 9.81. The number of carbonyl (C=O) groups is 1. The van der Waals surface area contributed by atoms with Crippen LogP contribution in [0.5, 0.6) is 0 Å². The Balaban J connectivity index is 1.48. The van der Waals surface area contributed by atoms with Gasteiger partial charge >= 0.3 is 0 Å². The minimum atomic E-state index is 0.131. The second-order valence-corrected chi connectivity index (χ2v) is 8.09. The van der Waals surface area contributed by atoms with Crippen molar-refractivity contribution in [2.45, 2.75) is 51.6 Å². The van der Waals surface area contributed by atoms with E-state index in [4.69, 9.17) is 0 Å². The Hall–Kier alpha value is -2.18. The van der Waals surface area contributed by atoms with Gasteiger partial charge in [-0.25, -0.2) is 0 Å². The van der Waals surface area contributed by atoms with Gasteiger partial charge in [0, 0.05) is 43.8 Å². The molecule has 1 aromatic carbocycles. The molecular weight excluding hydrogens is 350 g/mol. The quantitative estimate of drug-likeness (QED) is 0.836. The standard InChI is InChI=1S/C22H31N5O/c1-3-11-27-16(2)19(14-24-27)22(28)26-12-7-10-18(15-26)21-20(13-23-25-21)17-8-5-4-6-9-17/h4-6,8-9,14,18,20-21,23,25H,3,7,10-13,15H2,1-2H3. The summed E-state index contributed by atoms with van der Waals surface area (Å²) in [6, 6.07) is 11.1. The number of benzene rings is 1. The van der Waals surface area contributed by atoms with Crippen LogP contribution in [-0.4, -0.2) is 46.3 Å². The largest absolute Gasteiger partial charge is 0.338 e. The highest BCUT2D eigenvalue weighted by Gasteiger charge is 2.38. The van der Waals surface area contributed by atoms with Gasteiger partial charge in [0.2, 0.25) is 0 Å². The van der Waals surface area contributed by atoms with Crippen LogP contribution in [0.1, 0.15) is 53.7 Å². The van der Waals surface area contributed by atoms with Crippen LogP contribution in [0.25, 0.3) is 0 Å². The lowest BCUT2D eigenvalue weighted by Crippen LogP contribution is -2.48. The molecule has 0 saturated carbocycles. The molecule has 150 valence electrons. The number of aromatic nitrogens is 2. The van der Waals surface area contributed by atoms with E-state index >= 15 is 0 Å². The molecule has 3 atom stereocenters. The summed E-state index contributed by atoms with van der Waals surface area (Å²) in [5.74, 6) is 1.02. The number of piperidine rings is 1. The van der Waals surface area contributed by atoms with Crippen LogP contribution in [0.4, 0.5) is 0 Å². The normalized spacial score (nSPS) is 25.2. The molecular formula is C22H31N5O. The third-order valence-corrected chi connectivity index (χ3v) is 6.27. The number of rotatable bonds is 5. The summed E-state index contributed by atoms with van der Waals surface area (Å²) in [5.41, 5.74) is 9.96. The molecule has 6 heteroatoms. The van der Waals surface area contributed by atoms with Gasteiger partial charge in [-0.3, -0.25) is 20.3 Å². The molecule has 2 N–H and O–H groups in total. The molecule has 1 aromatic heterocycles. The van der Waals surface area contributed by atoms with Crippen molar-refractivity contribution in [3.8, 4) is 0 Å². The summed E-state index contributed by atoms with van der Waals surface area (Å²) < 4.78 is 1.95. The average Bonchev–Trinajstić information content (AvgIpc) is 3.36. The number of carbonyl (C=O) groups excluding carboxylic acids is 1. The Labute approximate surface area is 167 Å². The van der Waals surface area contributed by atoms with E-state index in [1.54, 1.807) is 6.20 Å². The maximum atomic E-state index is 13.2. The lowest BCUT2D eigenvalue weighted by Gasteiger charge is -2.37. The van der Waals surface area contributed by atoms with Crippen molar-refractivity contribution >= 4 is 5.91 Å². The zero-order valence-electron chi connectivity index (χ0n) is 16.9. The number of hydrazine groups is 1. The summed E-state index contributed by atoms with van der Waals surface area (Å²) in [7, 11) is 0. The van der Waals surface area contributed by atoms with Crippen molar-refractivity contribution in [1.82, 2.24) is 25.5 Å². The monoisotopic (exact) mass is 381 g/mol. The topological polar surface area (TPSA) is 62.2 Å². The van der Waals surface area contributed by atoms with E-state index in [2.05, 4.69) is 53.2 Å². The van der Waals surface area contributed by atoms with Gasteiger partial charge in [0.15, 0.2) is 0 Å². The zero-order chi connectivity index (χ0) is 19.5. The fourth-order valence-electron chi connectivity index (χ4n) is 4.74. The first-order valence-corrected chi connectivity index (χ1v) is 10.5. The fraction of sp³-hybridized carbons (Fsp3) is 0.545. The Morgan fingerprint density at radius 1 is 1.29 bits per heavy atom. The van der Waals surface area contributed by atoms with E-state index in [0.717, 1.165) is 56.7 Å². The van der Waals surface area contributed by atoms with Gasteiger partial charge in [0.1, 0.15) is 0 Å². The zero-order valence-corrected chi connectivity index (χ0v) is 16.9. The highest BCUT2D eigenvalue weighted by molar-refractivity contribution is 5.95. The Bertz CT molecular complexity index is 803. The minimum Gasteiger partial charge on any atom is -0.338 e. The molecule has 0 radical (unpaired) electrons. The summed E-state index contributed by atoms with van der Waals surface area (Å²) in [4.78, 5) is 15.2. The second-order valence-electron chi connectivity index (χ2n) is 8.09. The number of nitrogens with zero attached hydrogens (tertiary/aromatic N) is 3. The molecule has 2 aliphatic rings. The summed E-state index contributed by atoms with van der Waals surface area (Å²) >= 11 is 0. The van der Waals surface area contributed by atoms with Crippen LogP contribution in [0.15, 0.2) is 36.5 Å². The van der Waals surface area contributed by atoms with Gasteiger partial charge in [0.05, 0.1) is 11.8 Å². The molecule has 0 bridgehead atoms. The van der Waals surface area contributed by atoms with Crippen LogP contribution in [0.2, 0.25) is 0 Å². The number of amides is 1. The van der Waals surface area contributed by atoms with Crippen molar-refractivity contribution in [2.75, 3.05) is 19.6 Å². The molecule has 0 spiro atoms. The highest BCUT2D eigenvalue weighted by atomic mass is 16.2. The first kappa shape index (κ1) is 19.2. The predicted octanol–water partition coefficient (Wildman–Crippen LogP) is 2.71. The average molecular weight is 382 g/mol. The third kappa shape index (κ3) is 3.71. The van der Waals surface area contributed by atoms with E-state index in [-0.39, 0.29) is 5.91 Å². The molecule has 2 fully saturated rings. The molecule has 2 aliphatic heterocycles. The second kappa shape index (κ2) is 8.45. The molecule has 6 nitrogen and oxygen atoms in total. The van der Waals surface area contributed by atoms with E-state index < -0.39 is 0 Å². The number of nitrogens with one attached hydrogen (secondary N) is 2. The van der Waals surface area contributed by atoms with E-state index in [1.807, 2.05) is 16.5 Å². The van der Waals surface area contributed by atoms with Crippen molar-refractivity contribution in [3.63, 3.8) is 0 Å². The van der Waals surface area contributed by atoms with Crippen molar-refractivity contribution < 1.29 is 4.79 Å². The van der Waals surface area contributed by atoms with E-state index in [9.17, 15) is 4.79 Å². The number of aryl methyl sites for hydroxylation is 1. The molecule has 1 amide bonds. The molecule has 3 unspecified atom stereocenters. The SMILES string of the molecule is CCCn1ncc(C(=O)N2CCCC(C3NNCC3c3ccccc3)C2)c1C. The number of likely N-dealkylation sites (tertiary alicyclic amines) is 1. The Morgan fingerprint density at radius 3 is 2.89 bits per heavy atom. The van der Waals surface area contributed by atoms with Crippen LogP contribution >= 0.6 is 0 Å². The number of hydrogen-bond acceptors (Lipinski definition) is 4. The summed E-state index contributed by atoms with van der Waals surface area (Å²) in [6.45, 7) is 7.57. The smallest absolute Gasteiger partial charge is 0.257 e. The molecule has 28 heavy (non-hydrogen) atoms. The van der Waals surface area contributed by atoms with Gasteiger partial charge < -0.3 is 4.90 Å². The van der Waals surface area contributed by atoms with Crippen LogP contribution in [0.3, 0.4) is 0 Å². The van der Waals surface area contributed by atoms with Crippen LogP contribution < -0.4 is 10.9 Å². The number of hydrogen-bond donors (Lipinski definition) is 2. The molecule has 2 aromatic rings. The molecule has 0 aliphatic carbocycles. The molecule has 4 rings (SSSR count). The van der Waals surface area contributed by atoms with Crippen LogP contribution in [-0.2, 0) is 6.54 Å².